The average molecular weight is 526 g/mol. The first-order valence-electron chi connectivity index (χ1n) is 11.5. The van der Waals surface area contributed by atoms with Crippen LogP contribution in [0, 0.1) is 0 Å². The Morgan fingerprint density at radius 1 is 0.944 bits per heavy atom. The van der Waals surface area contributed by atoms with Crippen LogP contribution in [0.3, 0.4) is 0 Å². The Balaban J connectivity index is 1.95. The van der Waals surface area contributed by atoms with Gasteiger partial charge in [0, 0.05) is 11.3 Å². The van der Waals surface area contributed by atoms with Crippen molar-refractivity contribution in [1.29, 1.82) is 0 Å². The Labute approximate surface area is 219 Å². The fourth-order valence-corrected chi connectivity index (χ4v) is 4.54. The average Bonchev–Trinajstić information content (AvgIpc) is 3.15. The van der Waals surface area contributed by atoms with Gasteiger partial charge in [0.1, 0.15) is 5.76 Å². The number of anilines is 1. The number of ether oxygens (including phenoxy) is 2. The van der Waals surface area contributed by atoms with E-state index in [1.165, 1.54) is 24.1 Å². The van der Waals surface area contributed by atoms with Crippen LogP contribution in [0.1, 0.15) is 36.6 Å². The van der Waals surface area contributed by atoms with Gasteiger partial charge in [0.2, 0.25) is 0 Å². The van der Waals surface area contributed by atoms with E-state index in [1.54, 1.807) is 36.4 Å². The van der Waals surface area contributed by atoms with E-state index in [2.05, 4.69) is 0 Å². The van der Waals surface area contributed by atoms with Gasteiger partial charge < -0.3 is 14.6 Å². The quantitative estimate of drug-likeness (QED) is 0.214. The number of carbonyl (C=O) groups excluding carboxylic acids is 2. The van der Waals surface area contributed by atoms with Crippen LogP contribution in [0.15, 0.2) is 66.2 Å². The normalized spacial score (nSPS) is 16.9. The van der Waals surface area contributed by atoms with Gasteiger partial charge in [-0.2, -0.15) is 0 Å². The van der Waals surface area contributed by atoms with Crippen LogP contribution in [0.5, 0.6) is 11.5 Å². The summed E-state index contributed by atoms with van der Waals surface area (Å²) >= 11 is 12.2. The Morgan fingerprint density at radius 3 is 2.28 bits per heavy atom. The molecule has 1 fully saturated rings. The molecule has 1 aliphatic heterocycles. The van der Waals surface area contributed by atoms with Crippen molar-refractivity contribution in [2.75, 3.05) is 18.6 Å². The number of benzene rings is 3. The Bertz CT molecular complexity index is 1350. The summed E-state index contributed by atoms with van der Waals surface area (Å²) in [5.41, 5.74) is 2.39. The number of aryl methyl sites for hydroxylation is 1. The monoisotopic (exact) mass is 525 g/mol. The Morgan fingerprint density at radius 2 is 1.67 bits per heavy atom. The molecule has 36 heavy (non-hydrogen) atoms. The first-order valence-corrected chi connectivity index (χ1v) is 12.2. The largest absolute Gasteiger partial charge is 0.507 e. The highest BCUT2D eigenvalue weighted by atomic mass is 35.5. The molecule has 3 aromatic carbocycles. The zero-order valence-corrected chi connectivity index (χ0v) is 21.6. The first kappa shape index (κ1) is 25.6. The number of Topliss-reactive ketones (excluding diaryl/α,β-unsaturated/α-hetero) is 1. The molecule has 1 heterocycles. The zero-order valence-electron chi connectivity index (χ0n) is 20.0. The molecule has 0 aromatic heterocycles. The van der Waals surface area contributed by atoms with Gasteiger partial charge >= 0.3 is 0 Å². The lowest BCUT2D eigenvalue weighted by atomic mass is 9.94. The van der Waals surface area contributed by atoms with E-state index in [0.717, 1.165) is 12.0 Å². The number of aliphatic hydroxyl groups is 1. The van der Waals surface area contributed by atoms with Gasteiger partial charge in [-0.15, -0.1) is 0 Å². The third-order valence-electron chi connectivity index (χ3n) is 6.06. The molecule has 0 bridgehead atoms. The van der Waals surface area contributed by atoms with Gasteiger partial charge in [-0.05, 0) is 66.9 Å². The summed E-state index contributed by atoms with van der Waals surface area (Å²) in [6.45, 7) is 4.27. The molecular weight excluding hydrogens is 501 g/mol. The number of nitrogens with zero attached hydrogens (tertiary/aromatic N) is 1. The van der Waals surface area contributed by atoms with Crippen molar-refractivity contribution in [2.24, 2.45) is 0 Å². The number of rotatable bonds is 7. The number of hydrogen-bond acceptors (Lipinski definition) is 5. The highest BCUT2D eigenvalue weighted by Gasteiger charge is 2.47. The molecule has 1 saturated heterocycles. The minimum Gasteiger partial charge on any atom is -0.507 e. The van der Waals surface area contributed by atoms with Crippen LogP contribution in [-0.4, -0.2) is 30.5 Å². The highest BCUT2D eigenvalue weighted by molar-refractivity contribution is 6.51. The predicted octanol–water partition coefficient (Wildman–Crippen LogP) is 6.59. The summed E-state index contributed by atoms with van der Waals surface area (Å²) in [4.78, 5) is 28.1. The molecule has 186 valence electrons. The standard InChI is InChI=1S/C28H25Cl2NO5/c1-4-16-6-10-19(11-7-16)31-25(17-9-13-22(35-3)23(15-17)36-5-2)24(27(33)28(31)34)26(32)18-8-12-20(29)21(30)14-18/h6-15,25,32H,4-5H2,1-3H3/b26-24-. The molecule has 0 aliphatic carbocycles. The van der Waals surface area contributed by atoms with E-state index in [4.69, 9.17) is 32.7 Å². The van der Waals surface area contributed by atoms with Crippen LogP contribution in [0.2, 0.25) is 10.0 Å². The van der Waals surface area contributed by atoms with E-state index in [-0.39, 0.29) is 21.9 Å². The molecule has 4 rings (SSSR count). The number of ketones is 1. The van der Waals surface area contributed by atoms with Gasteiger partial charge in [0.05, 0.1) is 35.4 Å². The molecule has 0 spiro atoms. The molecule has 1 aliphatic rings. The summed E-state index contributed by atoms with van der Waals surface area (Å²) in [7, 11) is 1.53. The number of amides is 1. The summed E-state index contributed by atoms with van der Waals surface area (Å²) in [5, 5.41) is 11.8. The van der Waals surface area contributed by atoms with Crippen molar-refractivity contribution >= 4 is 46.3 Å². The molecule has 1 N–H and O–H groups in total. The van der Waals surface area contributed by atoms with Crippen LogP contribution >= 0.6 is 23.2 Å². The number of methoxy groups -OCH3 is 1. The fourth-order valence-electron chi connectivity index (χ4n) is 4.24. The van der Waals surface area contributed by atoms with Crippen molar-refractivity contribution < 1.29 is 24.2 Å². The topological polar surface area (TPSA) is 76.1 Å². The van der Waals surface area contributed by atoms with Gasteiger partial charge in [-0.1, -0.05) is 48.3 Å². The van der Waals surface area contributed by atoms with Crippen molar-refractivity contribution in [1.82, 2.24) is 0 Å². The number of hydrogen-bond donors (Lipinski definition) is 1. The van der Waals surface area contributed by atoms with E-state index >= 15 is 0 Å². The zero-order chi connectivity index (χ0) is 26.0. The van der Waals surface area contributed by atoms with Crippen LogP contribution in [0.4, 0.5) is 5.69 Å². The lowest BCUT2D eigenvalue weighted by molar-refractivity contribution is -0.132. The van der Waals surface area contributed by atoms with Gasteiger partial charge in [0.25, 0.3) is 11.7 Å². The summed E-state index contributed by atoms with van der Waals surface area (Å²) in [6.07, 6.45) is 0.829. The summed E-state index contributed by atoms with van der Waals surface area (Å²) in [6, 6.07) is 16.2. The van der Waals surface area contributed by atoms with E-state index in [9.17, 15) is 14.7 Å². The molecule has 8 heteroatoms. The minimum atomic E-state index is -0.919. The lowest BCUT2D eigenvalue weighted by Crippen LogP contribution is -2.29. The molecule has 1 amide bonds. The first-order chi connectivity index (χ1) is 17.3. The van der Waals surface area contributed by atoms with Crippen LogP contribution in [0.25, 0.3) is 5.76 Å². The molecule has 0 radical (unpaired) electrons. The molecule has 1 unspecified atom stereocenters. The summed E-state index contributed by atoms with van der Waals surface area (Å²) < 4.78 is 11.1. The molecular formula is C28H25Cl2NO5. The smallest absolute Gasteiger partial charge is 0.300 e. The number of halogens is 2. The van der Waals surface area contributed by atoms with Crippen molar-refractivity contribution in [3.05, 3.63) is 93.0 Å². The maximum absolute atomic E-state index is 13.4. The third kappa shape index (κ3) is 4.66. The predicted molar refractivity (Wildman–Crippen MR) is 141 cm³/mol. The Hall–Kier alpha value is -3.48. The maximum atomic E-state index is 13.4. The molecule has 1 atom stereocenters. The minimum absolute atomic E-state index is 0.0643. The van der Waals surface area contributed by atoms with Crippen LogP contribution in [-0.2, 0) is 16.0 Å². The van der Waals surface area contributed by atoms with E-state index < -0.39 is 17.7 Å². The fraction of sp³-hybridized carbons (Fsp3) is 0.214. The van der Waals surface area contributed by atoms with Crippen molar-refractivity contribution in [3.63, 3.8) is 0 Å². The third-order valence-corrected chi connectivity index (χ3v) is 6.80. The number of carbonyl (C=O) groups is 2. The maximum Gasteiger partial charge on any atom is 0.300 e. The molecule has 6 nitrogen and oxygen atoms in total. The van der Waals surface area contributed by atoms with Crippen LogP contribution < -0.4 is 14.4 Å². The molecule has 0 saturated carbocycles. The van der Waals surface area contributed by atoms with Gasteiger partial charge in [-0.25, -0.2) is 0 Å². The molecule has 3 aromatic rings. The van der Waals surface area contributed by atoms with E-state index in [0.29, 0.717) is 34.4 Å². The Kier molecular flexibility index (Phi) is 7.57. The second-order valence-electron chi connectivity index (χ2n) is 8.16. The van der Waals surface area contributed by atoms with E-state index in [1.807, 2.05) is 26.0 Å². The second-order valence-corrected chi connectivity index (χ2v) is 8.98. The second kappa shape index (κ2) is 10.6. The van der Waals surface area contributed by atoms with Crippen molar-refractivity contribution in [2.45, 2.75) is 26.3 Å². The number of aliphatic hydroxyl groups excluding tert-OH is 1. The van der Waals surface area contributed by atoms with Gasteiger partial charge in [-0.3, -0.25) is 14.5 Å². The lowest BCUT2D eigenvalue weighted by Gasteiger charge is -2.26. The van der Waals surface area contributed by atoms with Gasteiger partial charge in [0.15, 0.2) is 11.5 Å². The highest BCUT2D eigenvalue weighted by Crippen LogP contribution is 2.44. The SMILES string of the molecule is CCOc1cc(C2/C(=C(/O)c3ccc(Cl)c(Cl)c3)C(=O)C(=O)N2c2ccc(CC)cc2)ccc1OC. The van der Waals surface area contributed by atoms with Crippen molar-refractivity contribution in [3.8, 4) is 11.5 Å². The summed E-state index contributed by atoms with van der Waals surface area (Å²) in [5.74, 6) is -0.941.